The van der Waals surface area contributed by atoms with Gasteiger partial charge < -0.3 is 9.64 Å². The van der Waals surface area contributed by atoms with Gasteiger partial charge in [-0.15, -0.1) is 0 Å². The van der Waals surface area contributed by atoms with Crippen LogP contribution in [-0.4, -0.2) is 35.5 Å². The van der Waals surface area contributed by atoms with Gasteiger partial charge in [-0.2, -0.15) is 0 Å². The minimum atomic E-state index is -0.344. The number of hydrogen-bond donors (Lipinski definition) is 0. The molecule has 4 heteroatoms. The molecule has 28 heavy (non-hydrogen) atoms. The minimum Gasteiger partial charge on any atom is -0.456 e. The van der Waals surface area contributed by atoms with Crippen molar-refractivity contribution in [2.45, 2.75) is 57.5 Å². The Labute approximate surface area is 167 Å². The van der Waals surface area contributed by atoms with Crippen molar-refractivity contribution in [1.82, 2.24) is 4.90 Å². The van der Waals surface area contributed by atoms with Crippen LogP contribution in [0.5, 0.6) is 0 Å². The molecule has 0 aliphatic carbocycles. The Kier molecular flexibility index (Phi) is 6.85. The van der Waals surface area contributed by atoms with Crippen molar-refractivity contribution in [3.05, 3.63) is 71.8 Å². The summed E-state index contributed by atoms with van der Waals surface area (Å²) in [7, 11) is 0. The first-order chi connectivity index (χ1) is 13.6. The molecule has 148 valence electrons. The van der Waals surface area contributed by atoms with Gasteiger partial charge in [-0.05, 0) is 44.2 Å². The molecule has 0 saturated carbocycles. The molecular weight excluding hydrogens is 350 g/mol. The number of likely N-dealkylation sites (tertiary alicyclic amines) is 1. The summed E-state index contributed by atoms with van der Waals surface area (Å²) >= 11 is 0. The summed E-state index contributed by atoms with van der Waals surface area (Å²) < 4.78 is 5.40. The highest BCUT2D eigenvalue weighted by molar-refractivity contribution is 5.81. The number of rotatable bonds is 6. The van der Waals surface area contributed by atoms with E-state index in [2.05, 4.69) is 13.8 Å². The lowest BCUT2D eigenvalue weighted by molar-refractivity contribution is -0.155. The summed E-state index contributed by atoms with van der Waals surface area (Å²) in [5.74, 6) is -0.523. The highest BCUT2D eigenvalue weighted by Crippen LogP contribution is 2.28. The Balaban J connectivity index is 1.63. The smallest absolute Gasteiger partial charge is 0.307 e. The van der Waals surface area contributed by atoms with Gasteiger partial charge in [0.05, 0.1) is 6.42 Å². The van der Waals surface area contributed by atoms with Crippen LogP contribution in [0.3, 0.4) is 0 Å². The highest BCUT2D eigenvalue weighted by Gasteiger charge is 2.29. The average Bonchev–Trinajstić information content (AvgIpc) is 2.71. The molecule has 2 aromatic rings. The van der Waals surface area contributed by atoms with Gasteiger partial charge in [0.2, 0.25) is 0 Å². The monoisotopic (exact) mass is 379 g/mol. The van der Waals surface area contributed by atoms with Crippen LogP contribution < -0.4 is 0 Å². The van der Waals surface area contributed by atoms with E-state index in [0.29, 0.717) is 0 Å². The van der Waals surface area contributed by atoms with E-state index in [4.69, 9.17) is 4.74 Å². The van der Waals surface area contributed by atoms with Crippen molar-refractivity contribution in [2.75, 3.05) is 6.61 Å². The first-order valence-electron chi connectivity index (χ1n) is 10.1. The first-order valence-corrected chi connectivity index (χ1v) is 10.1. The third-order valence-electron chi connectivity index (χ3n) is 5.61. The predicted octanol–water partition coefficient (Wildman–Crippen LogP) is 4.54. The van der Waals surface area contributed by atoms with E-state index in [-0.39, 0.29) is 42.9 Å². The second-order valence-corrected chi connectivity index (χ2v) is 7.67. The molecule has 1 heterocycles. The molecule has 2 atom stereocenters. The second-order valence-electron chi connectivity index (χ2n) is 7.67. The number of benzene rings is 2. The Morgan fingerprint density at radius 3 is 1.93 bits per heavy atom. The topological polar surface area (TPSA) is 46.6 Å². The standard InChI is InChI=1S/C24H29NO3/c1-18-10-9-11-19(2)25(18)23(26)17-28-24(27)16-22(20-12-5-3-6-13-20)21-14-7-4-8-15-21/h3-8,12-15,18-19,22H,9-11,16-17H2,1-2H3/t18-,19-/m1/s1. The fraction of sp³-hybridized carbons (Fsp3) is 0.417. The molecular formula is C24H29NO3. The van der Waals surface area contributed by atoms with Gasteiger partial charge >= 0.3 is 5.97 Å². The molecule has 1 amide bonds. The summed E-state index contributed by atoms with van der Waals surface area (Å²) in [5.41, 5.74) is 2.13. The molecule has 0 N–H and O–H groups in total. The molecule has 1 saturated heterocycles. The molecule has 4 nitrogen and oxygen atoms in total. The number of ether oxygens (including phenoxy) is 1. The third kappa shape index (κ3) is 5.00. The van der Waals surface area contributed by atoms with Gasteiger partial charge in [0.25, 0.3) is 5.91 Å². The van der Waals surface area contributed by atoms with Gasteiger partial charge in [0.1, 0.15) is 0 Å². The maximum atomic E-state index is 12.6. The average molecular weight is 380 g/mol. The molecule has 0 unspecified atom stereocenters. The zero-order valence-corrected chi connectivity index (χ0v) is 16.7. The zero-order chi connectivity index (χ0) is 19.9. The quantitative estimate of drug-likeness (QED) is 0.692. The summed E-state index contributed by atoms with van der Waals surface area (Å²) in [6, 6.07) is 20.3. The van der Waals surface area contributed by atoms with Gasteiger partial charge in [-0.25, -0.2) is 0 Å². The maximum Gasteiger partial charge on any atom is 0.307 e. The van der Waals surface area contributed by atoms with Crippen molar-refractivity contribution >= 4 is 11.9 Å². The van der Waals surface area contributed by atoms with Crippen LogP contribution in [-0.2, 0) is 14.3 Å². The molecule has 0 spiro atoms. The van der Waals surface area contributed by atoms with E-state index in [9.17, 15) is 9.59 Å². The van der Waals surface area contributed by atoms with Crippen molar-refractivity contribution in [1.29, 1.82) is 0 Å². The van der Waals surface area contributed by atoms with Crippen molar-refractivity contribution in [3.63, 3.8) is 0 Å². The van der Waals surface area contributed by atoms with Crippen molar-refractivity contribution < 1.29 is 14.3 Å². The SMILES string of the molecule is C[C@@H]1CCC[C@@H](C)N1C(=O)COC(=O)CC(c1ccccc1)c1ccccc1. The van der Waals surface area contributed by atoms with Crippen LogP contribution in [0, 0.1) is 0 Å². The van der Waals surface area contributed by atoms with Crippen LogP contribution in [0.1, 0.15) is 56.6 Å². The first kappa shape index (κ1) is 20.1. The molecule has 0 radical (unpaired) electrons. The zero-order valence-electron chi connectivity index (χ0n) is 16.7. The van der Waals surface area contributed by atoms with Crippen LogP contribution in [0.25, 0.3) is 0 Å². The van der Waals surface area contributed by atoms with Gasteiger partial charge in [-0.1, -0.05) is 60.7 Å². The molecule has 0 bridgehead atoms. The second kappa shape index (κ2) is 9.54. The normalized spacial score (nSPS) is 19.5. The number of esters is 1. The summed E-state index contributed by atoms with van der Waals surface area (Å²) in [6.45, 7) is 3.95. The lowest BCUT2D eigenvalue weighted by Gasteiger charge is -2.38. The number of carbonyl (C=O) groups excluding carboxylic acids is 2. The number of hydrogen-bond acceptors (Lipinski definition) is 3. The molecule has 0 aromatic heterocycles. The number of amides is 1. The van der Waals surface area contributed by atoms with E-state index < -0.39 is 0 Å². The number of carbonyl (C=O) groups is 2. The summed E-state index contributed by atoms with van der Waals surface area (Å²) in [4.78, 5) is 27.0. The number of nitrogens with zero attached hydrogens (tertiary/aromatic N) is 1. The van der Waals surface area contributed by atoms with Crippen LogP contribution in [0.2, 0.25) is 0 Å². The van der Waals surface area contributed by atoms with E-state index in [1.807, 2.05) is 65.6 Å². The van der Waals surface area contributed by atoms with Crippen LogP contribution in [0.15, 0.2) is 60.7 Å². The Bertz CT molecular complexity index is 725. The largest absolute Gasteiger partial charge is 0.456 e. The molecule has 2 aromatic carbocycles. The lowest BCUT2D eigenvalue weighted by Crippen LogP contribution is -2.49. The van der Waals surface area contributed by atoms with Crippen molar-refractivity contribution in [2.24, 2.45) is 0 Å². The van der Waals surface area contributed by atoms with E-state index >= 15 is 0 Å². The fourth-order valence-electron chi connectivity index (χ4n) is 4.15. The van der Waals surface area contributed by atoms with Gasteiger partial charge in [-0.3, -0.25) is 9.59 Å². The molecule has 1 aliphatic rings. The Morgan fingerprint density at radius 2 is 1.43 bits per heavy atom. The Hall–Kier alpha value is -2.62. The Morgan fingerprint density at radius 1 is 0.929 bits per heavy atom. The van der Waals surface area contributed by atoms with E-state index in [0.717, 1.165) is 30.4 Å². The highest BCUT2D eigenvalue weighted by atomic mass is 16.5. The maximum absolute atomic E-state index is 12.6. The van der Waals surface area contributed by atoms with Gasteiger partial charge in [0.15, 0.2) is 6.61 Å². The number of piperidine rings is 1. The van der Waals surface area contributed by atoms with Crippen LogP contribution >= 0.6 is 0 Å². The summed E-state index contributed by atoms with van der Waals surface area (Å²) in [5, 5.41) is 0. The predicted molar refractivity (Wildman–Crippen MR) is 110 cm³/mol. The summed E-state index contributed by atoms with van der Waals surface area (Å²) in [6.07, 6.45) is 3.37. The lowest BCUT2D eigenvalue weighted by atomic mass is 9.89. The fourth-order valence-corrected chi connectivity index (χ4v) is 4.15. The molecule has 1 aliphatic heterocycles. The van der Waals surface area contributed by atoms with Crippen molar-refractivity contribution in [3.8, 4) is 0 Å². The van der Waals surface area contributed by atoms with Gasteiger partial charge in [0, 0.05) is 18.0 Å². The molecule has 3 rings (SSSR count). The van der Waals surface area contributed by atoms with E-state index in [1.54, 1.807) is 0 Å². The minimum absolute atomic E-state index is 0.0853. The molecule has 1 fully saturated rings. The third-order valence-corrected chi connectivity index (χ3v) is 5.61. The van der Waals surface area contributed by atoms with Crippen LogP contribution in [0.4, 0.5) is 0 Å². The van der Waals surface area contributed by atoms with E-state index in [1.165, 1.54) is 0 Å².